The Morgan fingerprint density at radius 3 is 2.89 bits per heavy atom. The van der Waals surface area contributed by atoms with E-state index < -0.39 is 0 Å². The molecule has 1 unspecified atom stereocenters. The summed E-state index contributed by atoms with van der Waals surface area (Å²) in [5.74, 6) is 0.678. The normalized spacial score (nSPS) is 16.6. The lowest BCUT2D eigenvalue weighted by molar-refractivity contribution is 0.0917. The maximum Gasteiger partial charge on any atom is 0.260 e. The number of carbonyl (C=O) groups excluding carboxylic acids is 1. The fourth-order valence-electron chi connectivity index (χ4n) is 3.17. The van der Waals surface area contributed by atoms with E-state index in [0.29, 0.717) is 17.2 Å². The fraction of sp³-hybridized carbons (Fsp3) is 0.350. The number of ether oxygens (including phenoxy) is 1. The Bertz CT molecular complexity index is 917. The molecular formula is C20H22N4O2S. The van der Waals surface area contributed by atoms with Gasteiger partial charge in [0.2, 0.25) is 0 Å². The van der Waals surface area contributed by atoms with Crippen LogP contribution in [0.15, 0.2) is 42.6 Å². The van der Waals surface area contributed by atoms with E-state index in [9.17, 15) is 4.79 Å². The number of aromatic nitrogens is 2. The topological polar surface area (TPSA) is 58.6 Å². The summed E-state index contributed by atoms with van der Waals surface area (Å²) in [6.07, 6.45) is 3.72. The lowest BCUT2D eigenvalue weighted by Crippen LogP contribution is -2.37. The van der Waals surface area contributed by atoms with Gasteiger partial charge in [0.15, 0.2) is 5.13 Å². The van der Waals surface area contributed by atoms with Crippen molar-refractivity contribution < 1.29 is 9.53 Å². The molecular weight excluding hydrogens is 360 g/mol. The number of anilines is 2. The molecule has 0 bridgehead atoms. The average Bonchev–Trinajstić information content (AvgIpc) is 3.34. The summed E-state index contributed by atoms with van der Waals surface area (Å²) in [4.78, 5) is 26.0. The van der Waals surface area contributed by atoms with Gasteiger partial charge in [-0.2, -0.15) is 0 Å². The van der Waals surface area contributed by atoms with E-state index in [1.165, 1.54) is 11.3 Å². The van der Waals surface area contributed by atoms with Crippen molar-refractivity contribution in [2.45, 2.75) is 18.9 Å². The van der Waals surface area contributed by atoms with Crippen LogP contribution in [0.5, 0.6) is 0 Å². The van der Waals surface area contributed by atoms with Crippen LogP contribution >= 0.6 is 11.3 Å². The van der Waals surface area contributed by atoms with Gasteiger partial charge in [-0.05, 0) is 37.1 Å². The van der Waals surface area contributed by atoms with Crippen LogP contribution in [-0.2, 0) is 4.74 Å². The van der Waals surface area contributed by atoms with Crippen LogP contribution in [-0.4, -0.2) is 49.2 Å². The van der Waals surface area contributed by atoms with Crippen LogP contribution in [0.4, 0.5) is 10.9 Å². The van der Waals surface area contributed by atoms with Gasteiger partial charge < -0.3 is 9.64 Å². The van der Waals surface area contributed by atoms with Gasteiger partial charge in [0.1, 0.15) is 5.82 Å². The van der Waals surface area contributed by atoms with Gasteiger partial charge in [-0.25, -0.2) is 9.97 Å². The first-order valence-electron chi connectivity index (χ1n) is 9.04. The summed E-state index contributed by atoms with van der Waals surface area (Å²) in [6.45, 7) is 1.27. The molecule has 4 rings (SSSR count). The first-order valence-corrected chi connectivity index (χ1v) is 9.86. The second kappa shape index (κ2) is 7.62. The largest absolute Gasteiger partial charge is 0.376 e. The van der Waals surface area contributed by atoms with Gasteiger partial charge in [0, 0.05) is 32.5 Å². The molecule has 3 aromatic rings. The molecule has 0 spiro atoms. The first-order chi connectivity index (χ1) is 13.1. The van der Waals surface area contributed by atoms with Crippen molar-refractivity contribution in [3.8, 4) is 0 Å². The summed E-state index contributed by atoms with van der Waals surface area (Å²) < 4.78 is 6.86. The van der Waals surface area contributed by atoms with Gasteiger partial charge >= 0.3 is 0 Å². The van der Waals surface area contributed by atoms with Crippen molar-refractivity contribution >= 4 is 38.4 Å². The van der Waals surface area contributed by atoms with Gasteiger partial charge in [-0.3, -0.25) is 9.69 Å². The number of hydrogen-bond acceptors (Lipinski definition) is 6. The minimum absolute atomic E-state index is 0.0520. The smallest absolute Gasteiger partial charge is 0.260 e. The number of fused-ring (bicyclic) bond motifs is 1. The van der Waals surface area contributed by atoms with Crippen molar-refractivity contribution in [1.29, 1.82) is 0 Å². The van der Waals surface area contributed by atoms with Gasteiger partial charge in [0.05, 0.1) is 22.9 Å². The molecule has 1 aromatic carbocycles. The average molecular weight is 382 g/mol. The fourth-order valence-corrected chi connectivity index (χ4v) is 4.14. The van der Waals surface area contributed by atoms with E-state index in [-0.39, 0.29) is 12.0 Å². The number of nitrogens with zero attached hydrogens (tertiary/aromatic N) is 4. The molecule has 1 aliphatic rings. The van der Waals surface area contributed by atoms with E-state index in [4.69, 9.17) is 9.72 Å². The van der Waals surface area contributed by atoms with Crippen molar-refractivity contribution in [3.63, 3.8) is 0 Å². The van der Waals surface area contributed by atoms with Crippen molar-refractivity contribution in [3.05, 3.63) is 48.2 Å². The summed E-state index contributed by atoms with van der Waals surface area (Å²) >= 11 is 1.53. The Morgan fingerprint density at radius 2 is 2.15 bits per heavy atom. The molecule has 1 amide bonds. The number of rotatable bonds is 5. The molecule has 0 N–H and O–H groups in total. The summed E-state index contributed by atoms with van der Waals surface area (Å²) in [7, 11) is 3.82. The molecule has 140 valence electrons. The van der Waals surface area contributed by atoms with E-state index in [1.807, 2.05) is 49.3 Å². The number of para-hydroxylation sites is 1. The zero-order valence-electron chi connectivity index (χ0n) is 15.5. The molecule has 1 saturated heterocycles. The Balaban J connectivity index is 1.70. The summed E-state index contributed by atoms with van der Waals surface area (Å²) in [5, 5.41) is 0.708. The number of pyridine rings is 1. The highest BCUT2D eigenvalue weighted by molar-refractivity contribution is 7.22. The Kier molecular flexibility index (Phi) is 5.05. The van der Waals surface area contributed by atoms with E-state index in [0.717, 1.165) is 35.5 Å². The molecule has 27 heavy (non-hydrogen) atoms. The van der Waals surface area contributed by atoms with Crippen LogP contribution < -0.4 is 9.80 Å². The van der Waals surface area contributed by atoms with E-state index >= 15 is 0 Å². The van der Waals surface area contributed by atoms with Crippen molar-refractivity contribution in [2.75, 3.05) is 37.0 Å². The molecule has 7 heteroatoms. The highest BCUT2D eigenvalue weighted by Crippen LogP contribution is 2.31. The van der Waals surface area contributed by atoms with Crippen LogP contribution in [0.25, 0.3) is 10.2 Å². The highest BCUT2D eigenvalue weighted by Gasteiger charge is 2.27. The van der Waals surface area contributed by atoms with Gasteiger partial charge in [0.25, 0.3) is 5.91 Å². The van der Waals surface area contributed by atoms with Crippen LogP contribution in [0, 0.1) is 0 Å². The maximum atomic E-state index is 13.4. The Hall–Kier alpha value is -2.51. The molecule has 0 radical (unpaired) electrons. The molecule has 0 saturated carbocycles. The van der Waals surface area contributed by atoms with E-state index in [1.54, 1.807) is 17.2 Å². The molecule has 1 fully saturated rings. The van der Waals surface area contributed by atoms with Crippen LogP contribution in [0.3, 0.4) is 0 Å². The summed E-state index contributed by atoms with van der Waals surface area (Å²) in [5.41, 5.74) is 1.51. The molecule has 2 aromatic heterocycles. The second-order valence-electron chi connectivity index (χ2n) is 6.81. The highest BCUT2D eigenvalue weighted by atomic mass is 32.1. The van der Waals surface area contributed by atoms with Gasteiger partial charge in [-0.1, -0.05) is 23.5 Å². The predicted molar refractivity (Wildman–Crippen MR) is 109 cm³/mol. The van der Waals surface area contributed by atoms with Crippen molar-refractivity contribution in [1.82, 2.24) is 9.97 Å². The maximum absolute atomic E-state index is 13.4. The van der Waals surface area contributed by atoms with Crippen LogP contribution in [0.2, 0.25) is 0 Å². The number of amides is 1. The number of benzene rings is 1. The molecule has 1 aliphatic heterocycles. The quantitative estimate of drug-likeness (QED) is 0.675. The Morgan fingerprint density at radius 1 is 1.30 bits per heavy atom. The predicted octanol–water partition coefficient (Wildman–Crippen LogP) is 3.58. The Labute approximate surface area is 162 Å². The minimum Gasteiger partial charge on any atom is -0.376 e. The third-order valence-electron chi connectivity index (χ3n) is 4.62. The van der Waals surface area contributed by atoms with E-state index in [2.05, 4.69) is 4.98 Å². The minimum atomic E-state index is -0.0740. The summed E-state index contributed by atoms with van der Waals surface area (Å²) in [6, 6.07) is 11.5. The molecule has 0 aliphatic carbocycles. The number of hydrogen-bond donors (Lipinski definition) is 0. The lowest BCUT2D eigenvalue weighted by Gasteiger charge is -2.23. The first kappa shape index (κ1) is 17.9. The number of thiazole rings is 1. The SMILES string of the molecule is CN(C)c1cc(C(=O)N(CC2CCCO2)c2nc3ccccc3s2)ccn1. The van der Waals surface area contributed by atoms with Gasteiger partial charge in [-0.15, -0.1) is 0 Å². The second-order valence-corrected chi connectivity index (χ2v) is 7.82. The zero-order valence-corrected chi connectivity index (χ0v) is 16.3. The lowest BCUT2D eigenvalue weighted by atomic mass is 10.2. The van der Waals surface area contributed by atoms with Crippen molar-refractivity contribution in [2.24, 2.45) is 0 Å². The van der Waals surface area contributed by atoms with Crippen LogP contribution in [0.1, 0.15) is 23.2 Å². The number of carbonyl (C=O) groups is 1. The molecule has 1 atom stereocenters. The zero-order chi connectivity index (χ0) is 18.8. The monoisotopic (exact) mass is 382 g/mol. The molecule has 3 heterocycles. The standard InChI is InChI=1S/C20H22N4O2S/c1-23(2)18-12-14(9-10-21-18)19(25)24(13-15-6-5-11-26-15)20-22-16-7-3-4-8-17(16)27-20/h3-4,7-10,12,15H,5-6,11,13H2,1-2H3. The third kappa shape index (κ3) is 3.79. The third-order valence-corrected chi connectivity index (χ3v) is 5.68. The molecule has 6 nitrogen and oxygen atoms in total.